The van der Waals surface area contributed by atoms with Gasteiger partial charge < -0.3 is 15.8 Å². The molecular weight excluding hydrogens is 276 g/mol. The van der Waals surface area contributed by atoms with Crippen molar-refractivity contribution in [1.29, 1.82) is 0 Å². The summed E-state index contributed by atoms with van der Waals surface area (Å²) in [7, 11) is 1.62. The Kier molecular flexibility index (Phi) is 7.03. The lowest BCUT2D eigenvalue weighted by Crippen LogP contribution is -2.49. The fourth-order valence-electron chi connectivity index (χ4n) is 1.69. The highest BCUT2D eigenvalue weighted by Gasteiger charge is 2.28. The van der Waals surface area contributed by atoms with E-state index in [9.17, 15) is 4.79 Å². The van der Waals surface area contributed by atoms with Crippen molar-refractivity contribution in [2.75, 3.05) is 7.11 Å². The zero-order valence-electron chi connectivity index (χ0n) is 12.8. The Balaban J connectivity index is 0.00000361. The van der Waals surface area contributed by atoms with Crippen LogP contribution in [0.15, 0.2) is 24.3 Å². The Bertz CT molecular complexity index is 444. The zero-order valence-corrected chi connectivity index (χ0v) is 13.6. The number of halogens is 1. The molecule has 114 valence electrons. The first-order valence-corrected chi connectivity index (χ1v) is 6.45. The van der Waals surface area contributed by atoms with Gasteiger partial charge in [0.25, 0.3) is 0 Å². The van der Waals surface area contributed by atoms with Crippen LogP contribution in [0.25, 0.3) is 0 Å². The van der Waals surface area contributed by atoms with Crippen molar-refractivity contribution in [3.05, 3.63) is 29.8 Å². The van der Waals surface area contributed by atoms with Crippen molar-refractivity contribution in [1.82, 2.24) is 5.32 Å². The van der Waals surface area contributed by atoms with Crippen LogP contribution in [0.1, 0.15) is 39.3 Å². The molecule has 0 aliphatic heterocycles. The lowest BCUT2D eigenvalue weighted by molar-refractivity contribution is -0.125. The summed E-state index contributed by atoms with van der Waals surface area (Å²) in [5.74, 6) is 0.640. The Labute approximate surface area is 127 Å². The molecule has 0 heterocycles. The first-order chi connectivity index (χ1) is 8.75. The minimum absolute atomic E-state index is 0. The maximum atomic E-state index is 12.1. The van der Waals surface area contributed by atoms with Gasteiger partial charge in [0, 0.05) is 0 Å². The highest BCUT2D eigenvalue weighted by Crippen LogP contribution is 2.21. The summed E-state index contributed by atoms with van der Waals surface area (Å²) in [5, 5.41) is 2.93. The van der Waals surface area contributed by atoms with Crippen LogP contribution < -0.4 is 15.8 Å². The molecule has 0 fully saturated rings. The van der Waals surface area contributed by atoms with Gasteiger partial charge in [0.05, 0.1) is 19.2 Å². The van der Waals surface area contributed by atoms with Crippen LogP contribution in [0.4, 0.5) is 0 Å². The second kappa shape index (κ2) is 7.50. The molecule has 4 nitrogen and oxygen atoms in total. The predicted molar refractivity (Wildman–Crippen MR) is 84.2 cm³/mol. The Morgan fingerprint density at radius 2 is 1.95 bits per heavy atom. The predicted octanol–water partition coefficient (Wildman–Crippen LogP) is 2.67. The Morgan fingerprint density at radius 3 is 2.45 bits per heavy atom. The van der Waals surface area contributed by atoms with Crippen LogP contribution >= 0.6 is 12.4 Å². The number of nitrogens with one attached hydrogen (secondary N) is 1. The van der Waals surface area contributed by atoms with Crippen molar-refractivity contribution in [3.63, 3.8) is 0 Å². The van der Waals surface area contributed by atoms with E-state index in [0.717, 1.165) is 11.3 Å². The smallest absolute Gasteiger partial charge is 0.237 e. The van der Waals surface area contributed by atoms with Gasteiger partial charge in [0.2, 0.25) is 5.91 Å². The minimum atomic E-state index is -0.527. The van der Waals surface area contributed by atoms with Crippen LogP contribution in [0.2, 0.25) is 0 Å². The molecular formula is C15H25ClN2O2. The van der Waals surface area contributed by atoms with Gasteiger partial charge in [-0.3, -0.25) is 4.79 Å². The van der Waals surface area contributed by atoms with Crippen molar-refractivity contribution in [2.24, 2.45) is 11.1 Å². The molecule has 2 atom stereocenters. The standard InChI is InChI=1S/C15H24N2O2.ClH/c1-10(11-7-6-8-12(9-11)19-5)17-14(18)13(16)15(2,3)4;/h6-10,13H,16H2,1-5H3,(H,17,18);1H/t10?,13-;/m1./s1. The van der Waals surface area contributed by atoms with E-state index >= 15 is 0 Å². The quantitative estimate of drug-likeness (QED) is 0.898. The third kappa shape index (κ3) is 5.02. The molecule has 0 saturated carbocycles. The monoisotopic (exact) mass is 300 g/mol. The van der Waals surface area contributed by atoms with E-state index in [2.05, 4.69) is 5.32 Å². The third-order valence-corrected chi connectivity index (χ3v) is 3.17. The molecule has 5 heteroatoms. The first kappa shape index (κ1) is 18.7. The number of carbonyl (C=O) groups excluding carboxylic acids is 1. The maximum Gasteiger partial charge on any atom is 0.237 e. The molecule has 0 radical (unpaired) electrons. The molecule has 0 saturated heterocycles. The second-order valence-electron chi connectivity index (χ2n) is 5.85. The second-order valence-corrected chi connectivity index (χ2v) is 5.85. The van der Waals surface area contributed by atoms with Crippen molar-refractivity contribution < 1.29 is 9.53 Å². The number of hydrogen-bond acceptors (Lipinski definition) is 3. The lowest BCUT2D eigenvalue weighted by Gasteiger charge is -2.27. The average molecular weight is 301 g/mol. The van der Waals surface area contributed by atoms with E-state index in [1.165, 1.54) is 0 Å². The van der Waals surface area contributed by atoms with Crippen LogP contribution in [0.5, 0.6) is 5.75 Å². The van der Waals surface area contributed by atoms with Gasteiger partial charge in [-0.25, -0.2) is 0 Å². The number of hydrogen-bond donors (Lipinski definition) is 2. The number of benzene rings is 1. The van der Waals surface area contributed by atoms with Crippen molar-refractivity contribution >= 4 is 18.3 Å². The van der Waals surface area contributed by atoms with Gasteiger partial charge in [-0.2, -0.15) is 0 Å². The number of rotatable bonds is 4. The van der Waals surface area contributed by atoms with Gasteiger partial charge in [-0.15, -0.1) is 12.4 Å². The molecule has 3 N–H and O–H groups in total. The van der Waals surface area contributed by atoms with E-state index in [4.69, 9.17) is 10.5 Å². The molecule has 0 aliphatic carbocycles. The number of carbonyl (C=O) groups is 1. The summed E-state index contributed by atoms with van der Waals surface area (Å²) in [5.41, 5.74) is 6.68. The molecule has 0 aromatic heterocycles. The molecule has 0 spiro atoms. The third-order valence-electron chi connectivity index (χ3n) is 3.17. The average Bonchev–Trinajstić information content (AvgIpc) is 2.36. The Hall–Kier alpha value is -1.26. The molecule has 1 aromatic rings. The maximum absolute atomic E-state index is 12.1. The number of methoxy groups -OCH3 is 1. The highest BCUT2D eigenvalue weighted by molar-refractivity contribution is 5.85. The van der Waals surface area contributed by atoms with Gasteiger partial charge in [-0.1, -0.05) is 32.9 Å². The van der Waals surface area contributed by atoms with Gasteiger partial charge in [0.15, 0.2) is 0 Å². The van der Waals surface area contributed by atoms with Gasteiger partial charge in [0.1, 0.15) is 5.75 Å². The normalized spacial score (nSPS) is 13.9. The van der Waals surface area contributed by atoms with Crippen LogP contribution in [-0.4, -0.2) is 19.1 Å². The summed E-state index contributed by atoms with van der Waals surface area (Å²) < 4.78 is 5.17. The fourth-order valence-corrected chi connectivity index (χ4v) is 1.69. The van der Waals surface area contributed by atoms with E-state index in [0.29, 0.717) is 0 Å². The largest absolute Gasteiger partial charge is 0.497 e. The molecule has 0 aliphatic rings. The van der Waals surface area contributed by atoms with Crippen molar-refractivity contribution in [3.8, 4) is 5.75 Å². The molecule has 1 aromatic carbocycles. The lowest BCUT2D eigenvalue weighted by atomic mass is 9.86. The molecule has 20 heavy (non-hydrogen) atoms. The minimum Gasteiger partial charge on any atom is -0.497 e. The van der Waals surface area contributed by atoms with Gasteiger partial charge >= 0.3 is 0 Å². The van der Waals surface area contributed by atoms with Crippen LogP contribution in [-0.2, 0) is 4.79 Å². The fraction of sp³-hybridized carbons (Fsp3) is 0.533. The summed E-state index contributed by atoms with van der Waals surface area (Å²) in [6.07, 6.45) is 0. The van der Waals surface area contributed by atoms with Crippen molar-refractivity contribution in [2.45, 2.75) is 39.8 Å². The summed E-state index contributed by atoms with van der Waals surface area (Å²) in [4.78, 5) is 12.1. The number of nitrogens with two attached hydrogens (primary N) is 1. The van der Waals surface area contributed by atoms with Gasteiger partial charge in [-0.05, 0) is 30.0 Å². The highest BCUT2D eigenvalue weighted by atomic mass is 35.5. The van der Waals surface area contributed by atoms with E-state index < -0.39 is 6.04 Å². The van der Waals surface area contributed by atoms with E-state index in [1.807, 2.05) is 52.0 Å². The van der Waals surface area contributed by atoms with E-state index in [-0.39, 0.29) is 29.8 Å². The molecule has 0 bridgehead atoms. The summed E-state index contributed by atoms with van der Waals surface area (Å²) >= 11 is 0. The topological polar surface area (TPSA) is 64.3 Å². The van der Waals surface area contributed by atoms with E-state index in [1.54, 1.807) is 7.11 Å². The summed E-state index contributed by atoms with van der Waals surface area (Å²) in [6, 6.07) is 7.01. The number of ether oxygens (including phenoxy) is 1. The summed E-state index contributed by atoms with van der Waals surface area (Å²) in [6.45, 7) is 7.79. The Morgan fingerprint density at radius 1 is 1.35 bits per heavy atom. The zero-order chi connectivity index (χ0) is 14.6. The number of amides is 1. The SMILES string of the molecule is COc1cccc(C(C)NC(=O)[C@@H](N)C(C)(C)C)c1.Cl. The van der Waals surface area contributed by atoms with Crippen LogP contribution in [0, 0.1) is 5.41 Å². The first-order valence-electron chi connectivity index (χ1n) is 6.45. The van der Waals surface area contributed by atoms with Crippen LogP contribution in [0.3, 0.4) is 0 Å². The molecule has 1 amide bonds. The molecule has 1 unspecified atom stereocenters. The molecule has 1 rings (SSSR count).